The van der Waals surface area contributed by atoms with Gasteiger partial charge in [0.15, 0.2) is 5.96 Å². The molecule has 0 aromatic rings. The largest absolute Gasteiger partial charge is 0.383 e. The maximum Gasteiger partial charge on any atom is 0.239 e. The highest BCUT2D eigenvalue weighted by Crippen LogP contribution is 1.90. The van der Waals surface area contributed by atoms with Gasteiger partial charge in [-0.15, -0.1) is 24.0 Å². The molecule has 0 bridgehead atoms. The number of unbranched alkanes of at least 4 members (excludes halogenated alkanes) is 2. The lowest BCUT2D eigenvalue weighted by Gasteiger charge is -2.11. The van der Waals surface area contributed by atoms with E-state index in [9.17, 15) is 4.79 Å². The van der Waals surface area contributed by atoms with Gasteiger partial charge in [0.25, 0.3) is 0 Å². The van der Waals surface area contributed by atoms with Gasteiger partial charge in [0.1, 0.15) is 0 Å². The molecule has 6 nitrogen and oxygen atoms in total. The fourth-order valence-electron chi connectivity index (χ4n) is 1.32. The van der Waals surface area contributed by atoms with Crippen molar-refractivity contribution >= 4 is 35.8 Å². The van der Waals surface area contributed by atoms with E-state index in [0.29, 0.717) is 19.1 Å². The fraction of sp³-hybridized carbons (Fsp3) is 0.833. The molecule has 0 radical (unpaired) electrons. The second kappa shape index (κ2) is 15.5. The van der Waals surface area contributed by atoms with E-state index in [2.05, 4.69) is 27.9 Å². The molecule has 7 heteroatoms. The maximum atomic E-state index is 11.4. The van der Waals surface area contributed by atoms with Crippen LogP contribution in [0.25, 0.3) is 0 Å². The van der Waals surface area contributed by atoms with E-state index in [4.69, 9.17) is 4.74 Å². The molecule has 1 amide bonds. The third-order valence-electron chi connectivity index (χ3n) is 2.34. The van der Waals surface area contributed by atoms with Crippen molar-refractivity contribution in [1.82, 2.24) is 16.0 Å². The molecule has 3 N–H and O–H groups in total. The van der Waals surface area contributed by atoms with Gasteiger partial charge in [0, 0.05) is 27.2 Å². The zero-order chi connectivity index (χ0) is 13.6. The van der Waals surface area contributed by atoms with Gasteiger partial charge in [-0.05, 0) is 6.42 Å². The number of amides is 1. The van der Waals surface area contributed by atoms with Gasteiger partial charge >= 0.3 is 0 Å². The van der Waals surface area contributed by atoms with Gasteiger partial charge in [-0.1, -0.05) is 19.8 Å². The van der Waals surface area contributed by atoms with Crippen molar-refractivity contribution in [2.24, 2.45) is 4.99 Å². The van der Waals surface area contributed by atoms with E-state index in [1.807, 2.05) is 0 Å². The molecule has 0 aliphatic heterocycles. The first-order valence-electron chi connectivity index (χ1n) is 6.44. The van der Waals surface area contributed by atoms with Crippen molar-refractivity contribution in [3.63, 3.8) is 0 Å². The Kier molecular flexibility index (Phi) is 16.9. The Morgan fingerprint density at radius 1 is 1.16 bits per heavy atom. The highest BCUT2D eigenvalue weighted by atomic mass is 127. The summed E-state index contributed by atoms with van der Waals surface area (Å²) < 4.78 is 4.84. The van der Waals surface area contributed by atoms with Crippen molar-refractivity contribution in [3.8, 4) is 0 Å². The standard InChI is InChI=1S/C12H26N4O2.HI/c1-4-5-6-7-15-12(13-2)16-10-11(17)14-8-9-18-3;/h4-10H2,1-3H3,(H,14,17)(H2,13,15,16);1H. The van der Waals surface area contributed by atoms with E-state index in [-0.39, 0.29) is 36.4 Å². The summed E-state index contributed by atoms with van der Waals surface area (Å²) >= 11 is 0. The molecular weight excluding hydrogens is 359 g/mol. The molecule has 0 aromatic heterocycles. The van der Waals surface area contributed by atoms with E-state index in [1.54, 1.807) is 14.2 Å². The van der Waals surface area contributed by atoms with Crippen LogP contribution in [0.15, 0.2) is 4.99 Å². The van der Waals surface area contributed by atoms with Gasteiger partial charge < -0.3 is 20.7 Å². The summed E-state index contributed by atoms with van der Waals surface area (Å²) in [5.74, 6) is 0.594. The predicted octanol–water partition coefficient (Wildman–Crippen LogP) is 0.722. The minimum absolute atomic E-state index is 0. The van der Waals surface area contributed by atoms with Crippen molar-refractivity contribution in [2.45, 2.75) is 26.2 Å². The molecule has 0 saturated heterocycles. The molecule has 0 unspecified atom stereocenters. The summed E-state index contributed by atoms with van der Waals surface area (Å²) in [7, 11) is 3.30. The first-order valence-corrected chi connectivity index (χ1v) is 6.44. The minimum atomic E-state index is -0.0661. The fourth-order valence-corrected chi connectivity index (χ4v) is 1.32. The summed E-state index contributed by atoms with van der Waals surface area (Å²) in [5, 5.41) is 8.85. The smallest absolute Gasteiger partial charge is 0.239 e. The molecule has 0 spiro atoms. The number of hydrogen-bond donors (Lipinski definition) is 3. The van der Waals surface area contributed by atoms with E-state index >= 15 is 0 Å². The van der Waals surface area contributed by atoms with Crippen LogP contribution in [-0.4, -0.2) is 52.3 Å². The highest BCUT2D eigenvalue weighted by Gasteiger charge is 2.02. The van der Waals surface area contributed by atoms with Crippen molar-refractivity contribution in [2.75, 3.05) is 40.4 Å². The topological polar surface area (TPSA) is 74.8 Å². The molecule has 114 valence electrons. The third-order valence-corrected chi connectivity index (χ3v) is 2.34. The highest BCUT2D eigenvalue weighted by molar-refractivity contribution is 14.0. The van der Waals surface area contributed by atoms with Crippen molar-refractivity contribution in [3.05, 3.63) is 0 Å². The van der Waals surface area contributed by atoms with Gasteiger partial charge in [-0.2, -0.15) is 0 Å². The first kappa shape index (κ1) is 20.7. The lowest BCUT2D eigenvalue weighted by molar-refractivity contribution is -0.120. The molecule has 0 saturated carbocycles. The van der Waals surface area contributed by atoms with E-state index in [0.717, 1.165) is 13.0 Å². The number of nitrogens with zero attached hydrogens (tertiary/aromatic N) is 1. The number of methoxy groups -OCH3 is 1. The SMILES string of the molecule is CCCCCNC(=NC)NCC(=O)NCCOC.I. The van der Waals surface area contributed by atoms with E-state index < -0.39 is 0 Å². The summed E-state index contributed by atoms with van der Waals surface area (Å²) in [6.45, 7) is 4.31. The summed E-state index contributed by atoms with van der Waals surface area (Å²) in [4.78, 5) is 15.4. The van der Waals surface area contributed by atoms with Crippen LogP contribution in [0.1, 0.15) is 26.2 Å². The minimum Gasteiger partial charge on any atom is -0.383 e. The van der Waals surface area contributed by atoms with Crippen LogP contribution in [-0.2, 0) is 9.53 Å². The zero-order valence-corrected chi connectivity index (χ0v) is 14.5. The lowest BCUT2D eigenvalue weighted by atomic mass is 10.2. The van der Waals surface area contributed by atoms with Gasteiger partial charge in [-0.25, -0.2) is 0 Å². The number of guanidine groups is 1. The van der Waals surface area contributed by atoms with Crippen LogP contribution < -0.4 is 16.0 Å². The molecular formula is C12H27IN4O2. The second-order valence-corrected chi connectivity index (χ2v) is 3.90. The number of ether oxygens (including phenoxy) is 1. The summed E-state index contributed by atoms with van der Waals surface area (Å²) in [6.07, 6.45) is 3.49. The zero-order valence-electron chi connectivity index (χ0n) is 12.1. The van der Waals surface area contributed by atoms with Crippen LogP contribution in [0.4, 0.5) is 0 Å². The molecule has 0 fully saturated rings. The normalized spacial score (nSPS) is 10.6. The Morgan fingerprint density at radius 3 is 2.47 bits per heavy atom. The van der Waals surface area contributed by atoms with Gasteiger partial charge in [0.2, 0.25) is 5.91 Å². The number of carbonyl (C=O) groups excluding carboxylic acids is 1. The number of aliphatic imine (C=N–C) groups is 1. The first-order chi connectivity index (χ1) is 8.74. The molecule has 0 atom stereocenters. The quantitative estimate of drug-likeness (QED) is 0.236. The Morgan fingerprint density at radius 2 is 1.89 bits per heavy atom. The summed E-state index contributed by atoms with van der Waals surface area (Å²) in [6, 6.07) is 0. The monoisotopic (exact) mass is 386 g/mol. The number of nitrogens with one attached hydrogen (secondary N) is 3. The van der Waals surface area contributed by atoms with Crippen molar-refractivity contribution in [1.29, 1.82) is 0 Å². The van der Waals surface area contributed by atoms with E-state index in [1.165, 1.54) is 12.8 Å². The number of hydrogen-bond acceptors (Lipinski definition) is 3. The maximum absolute atomic E-state index is 11.4. The summed E-state index contributed by atoms with van der Waals surface area (Å²) in [5.41, 5.74) is 0. The average molecular weight is 386 g/mol. The number of halogens is 1. The number of rotatable bonds is 9. The molecule has 0 aliphatic rings. The molecule has 0 aromatic carbocycles. The lowest BCUT2D eigenvalue weighted by Crippen LogP contribution is -2.43. The van der Waals surface area contributed by atoms with Crippen LogP contribution in [0.3, 0.4) is 0 Å². The third kappa shape index (κ3) is 13.7. The van der Waals surface area contributed by atoms with Crippen molar-refractivity contribution < 1.29 is 9.53 Å². The Hall–Kier alpha value is -0.570. The molecule has 0 heterocycles. The van der Waals surface area contributed by atoms with Gasteiger partial charge in [0.05, 0.1) is 13.2 Å². The van der Waals surface area contributed by atoms with Crippen LogP contribution in [0.2, 0.25) is 0 Å². The van der Waals surface area contributed by atoms with Crippen LogP contribution in [0.5, 0.6) is 0 Å². The Labute approximate surface area is 133 Å². The number of carbonyl (C=O) groups is 1. The molecule has 19 heavy (non-hydrogen) atoms. The Balaban J connectivity index is 0. The van der Waals surface area contributed by atoms with Gasteiger partial charge in [-0.3, -0.25) is 9.79 Å². The molecule has 0 rings (SSSR count). The molecule has 0 aliphatic carbocycles. The second-order valence-electron chi connectivity index (χ2n) is 3.90. The predicted molar refractivity (Wildman–Crippen MR) is 89.2 cm³/mol. The average Bonchev–Trinajstić information content (AvgIpc) is 2.38. The van der Waals surface area contributed by atoms with Crippen LogP contribution >= 0.6 is 24.0 Å². The van der Waals surface area contributed by atoms with Crippen LogP contribution in [0, 0.1) is 0 Å². The Bertz CT molecular complexity index is 250.